The summed E-state index contributed by atoms with van der Waals surface area (Å²) in [6, 6.07) is 62.1. The van der Waals surface area contributed by atoms with Crippen LogP contribution >= 0.6 is 0 Å². The fourth-order valence-electron chi connectivity index (χ4n) is 7.56. The van der Waals surface area contributed by atoms with Crippen molar-refractivity contribution in [1.82, 2.24) is 9.13 Å². The zero-order valence-electron chi connectivity index (χ0n) is 25.1. The van der Waals surface area contributed by atoms with Crippen LogP contribution in [0.25, 0.3) is 87.7 Å². The quantitative estimate of drug-likeness (QED) is 0.195. The van der Waals surface area contributed by atoms with Gasteiger partial charge in [-0.25, -0.2) is 0 Å². The van der Waals surface area contributed by atoms with E-state index in [1.807, 2.05) is 0 Å². The Morgan fingerprint density at radius 3 is 1.72 bits per heavy atom. The molecule has 0 N–H and O–H groups in total. The van der Waals surface area contributed by atoms with Crippen LogP contribution in [0.4, 0.5) is 0 Å². The van der Waals surface area contributed by atoms with Crippen LogP contribution in [0.1, 0.15) is 0 Å². The lowest BCUT2D eigenvalue weighted by molar-refractivity contribution is 1.18. The van der Waals surface area contributed by atoms with Crippen LogP contribution in [-0.4, -0.2) is 9.13 Å². The molecule has 214 valence electrons. The molecule has 46 heavy (non-hydrogen) atoms. The van der Waals surface area contributed by atoms with Gasteiger partial charge in [0.25, 0.3) is 0 Å². The number of para-hydroxylation sites is 2. The lowest BCUT2D eigenvalue weighted by Gasteiger charge is -2.12. The molecule has 0 amide bonds. The number of hydrogen-bond donors (Lipinski definition) is 0. The van der Waals surface area contributed by atoms with E-state index in [0.717, 1.165) is 5.69 Å². The van der Waals surface area contributed by atoms with E-state index in [1.54, 1.807) is 0 Å². The highest BCUT2D eigenvalue weighted by Gasteiger charge is 2.21. The molecule has 0 aliphatic heterocycles. The molecule has 0 fully saturated rings. The highest BCUT2D eigenvalue weighted by atomic mass is 15.0. The minimum Gasteiger partial charge on any atom is -0.309 e. The van der Waals surface area contributed by atoms with Crippen molar-refractivity contribution in [2.75, 3.05) is 0 Å². The summed E-state index contributed by atoms with van der Waals surface area (Å²) in [5, 5.41) is 10.1. The van der Waals surface area contributed by atoms with Gasteiger partial charge in [-0.2, -0.15) is 0 Å². The molecule has 0 aliphatic rings. The molecule has 0 saturated heterocycles. The third-order valence-corrected chi connectivity index (χ3v) is 9.65. The van der Waals surface area contributed by atoms with Crippen LogP contribution in [0.5, 0.6) is 0 Å². The molecule has 10 aromatic rings. The summed E-state index contributed by atoms with van der Waals surface area (Å²) in [7, 11) is 0. The first-order chi connectivity index (χ1) is 22.8. The topological polar surface area (TPSA) is 9.86 Å². The average Bonchev–Trinajstić information content (AvgIpc) is 3.64. The van der Waals surface area contributed by atoms with E-state index in [-0.39, 0.29) is 0 Å². The lowest BCUT2D eigenvalue weighted by atomic mass is 10.0. The summed E-state index contributed by atoms with van der Waals surface area (Å²) in [6.07, 6.45) is 0. The van der Waals surface area contributed by atoms with Crippen LogP contribution in [0, 0.1) is 0 Å². The fourth-order valence-corrected chi connectivity index (χ4v) is 7.56. The van der Waals surface area contributed by atoms with Crippen molar-refractivity contribution in [1.29, 1.82) is 0 Å². The van der Waals surface area contributed by atoms with Crippen molar-refractivity contribution in [2.45, 2.75) is 0 Å². The minimum atomic E-state index is 1.16. The Balaban J connectivity index is 1.28. The molecule has 0 radical (unpaired) electrons. The van der Waals surface area contributed by atoms with E-state index in [0.29, 0.717) is 0 Å². The second kappa shape index (κ2) is 9.69. The van der Waals surface area contributed by atoms with Crippen molar-refractivity contribution in [2.24, 2.45) is 0 Å². The van der Waals surface area contributed by atoms with Gasteiger partial charge in [-0.15, -0.1) is 0 Å². The summed E-state index contributed by atoms with van der Waals surface area (Å²) in [4.78, 5) is 0. The molecule has 0 spiro atoms. The second-order valence-electron chi connectivity index (χ2n) is 12.2. The Bertz CT molecular complexity index is 2810. The minimum absolute atomic E-state index is 1.16. The molecule has 10 rings (SSSR count). The van der Waals surface area contributed by atoms with Crippen LogP contribution in [0.2, 0.25) is 0 Å². The number of fused-ring (bicyclic) bond motifs is 9. The first kappa shape index (κ1) is 25.2. The molecule has 2 nitrogen and oxygen atoms in total. The first-order valence-corrected chi connectivity index (χ1v) is 15.9. The molecule has 2 heterocycles. The van der Waals surface area contributed by atoms with Gasteiger partial charge in [0.2, 0.25) is 0 Å². The Morgan fingerprint density at radius 1 is 0.304 bits per heavy atom. The number of benzene rings is 8. The number of aromatic nitrogens is 2. The number of hydrogen-bond acceptors (Lipinski definition) is 0. The van der Waals surface area contributed by atoms with Crippen LogP contribution < -0.4 is 0 Å². The molecular weight excluding hydrogens is 556 g/mol. The van der Waals surface area contributed by atoms with Crippen LogP contribution in [-0.2, 0) is 0 Å². The van der Waals surface area contributed by atoms with Crippen molar-refractivity contribution >= 4 is 65.2 Å². The fraction of sp³-hybridized carbons (Fsp3) is 0. The third kappa shape index (κ3) is 3.65. The predicted octanol–water partition coefficient (Wildman–Crippen LogP) is 11.9. The number of rotatable bonds is 3. The molecule has 0 atom stereocenters. The smallest absolute Gasteiger partial charge is 0.0641 e. The normalized spacial score (nSPS) is 11.9. The highest BCUT2D eigenvalue weighted by Crippen LogP contribution is 2.42. The van der Waals surface area contributed by atoms with E-state index >= 15 is 0 Å². The maximum absolute atomic E-state index is 2.47. The van der Waals surface area contributed by atoms with Gasteiger partial charge in [-0.3, -0.25) is 0 Å². The molecule has 2 heteroatoms. The van der Waals surface area contributed by atoms with Crippen LogP contribution in [0.3, 0.4) is 0 Å². The maximum atomic E-state index is 2.47. The largest absolute Gasteiger partial charge is 0.309 e. The highest BCUT2D eigenvalue weighted by molar-refractivity contribution is 6.26. The molecule has 0 unspecified atom stereocenters. The summed E-state index contributed by atoms with van der Waals surface area (Å²) < 4.78 is 4.92. The molecule has 2 aromatic heterocycles. The molecule has 0 bridgehead atoms. The Hall–Kier alpha value is -6.12. The van der Waals surface area contributed by atoms with Crippen molar-refractivity contribution in [3.8, 4) is 22.5 Å². The van der Waals surface area contributed by atoms with Gasteiger partial charge in [0, 0.05) is 32.9 Å². The number of nitrogens with zero attached hydrogens (tertiary/aromatic N) is 2. The molecular formula is C44H28N2. The first-order valence-electron chi connectivity index (χ1n) is 15.9. The van der Waals surface area contributed by atoms with E-state index in [9.17, 15) is 0 Å². The second-order valence-corrected chi connectivity index (χ2v) is 12.2. The van der Waals surface area contributed by atoms with Crippen LogP contribution in [0.15, 0.2) is 170 Å². The van der Waals surface area contributed by atoms with Gasteiger partial charge in [0.1, 0.15) is 0 Å². The third-order valence-electron chi connectivity index (χ3n) is 9.65. The van der Waals surface area contributed by atoms with Gasteiger partial charge in [-0.05, 0) is 81.2 Å². The van der Waals surface area contributed by atoms with E-state index in [2.05, 4.69) is 179 Å². The summed E-state index contributed by atoms with van der Waals surface area (Å²) >= 11 is 0. The van der Waals surface area contributed by atoms with Crippen molar-refractivity contribution < 1.29 is 0 Å². The zero-order chi connectivity index (χ0) is 30.2. The van der Waals surface area contributed by atoms with Gasteiger partial charge in [0.15, 0.2) is 0 Å². The van der Waals surface area contributed by atoms with E-state index in [4.69, 9.17) is 0 Å². The molecule has 0 aliphatic carbocycles. The summed E-state index contributed by atoms with van der Waals surface area (Å²) in [6.45, 7) is 0. The monoisotopic (exact) mass is 584 g/mol. The van der Waals surface area contributed by atoms with Gasteiger partial charge < -0.3 is 9.13 Å². The Kier molecular flexibility index (Phi) is 5.31. The van der Waals surface area contributed by atoms with Gasteiger partial charge in [0.05, 0.1) is 22.1 Å². The van der Waals surface area contributed by atoms with Gasteiger partial charge in [-0.1, -0.05) is 121 Å². The van der Waals surface area contributed by atoms with Crippen molar-refractivity contribution in [3.63, 3.8) is 0 Å². The Labute approximate surface area is 266 Å². The average molecular weight is 585 g/mol. The Morgan fingerprint density at radius 2 is 0.913 bits per heavy atom. The standard InChI is InChI=1S/C44H28N2/c1-3-12-31-26-34(21-20-29(31)10-1)33-14-9-15-35(28-33)45-41-19-8-6-17-39(41)43-42(45)25-24-38-37-16-5-7-18-40(37)46(44(38)43)36-23-22-30-11-2-4-13-32(30)27-36/h1-28H. The lowest BCUT2D eigenvalue weighted by Crippen LogP contribution is -1.96. The summed E-state index contributed by atoms with van der Waals surface area (Å²) in [5.41, 5.74) is 9.63. The predicted molar refractivity (Wildman–Crippen MR) is 196 cm³/mol. The van der Waals surface area contributed by atoms with E-state index < -0.39 is 0 Å². The molecule has 8 aromatic carbocycles. The van der Waals surface area contributed by atoms with E-state index in [1.165, 1.54) is 82.0 Å². The SMILES string of the molecule is c1cc(-c2ccc3ccccc3c2)cc(-n2c3ccccc3c3c2ccc2c4ccccc4n(-c4ccc5ccccc5c4)c23)c1. The van der Waals surface area contributed by atoms with Gasteiger partial charge >= 0.3 is 0 Å². The van der Waals surface area contributed by atoms with Crippen molar-refractivity contribution in [3.05, 3.63) is 170 Å². The molecule has 0 saturated carbocycles. The zero-order valence-corrected chi connectivity index (χ0v) is 25.1. The maximum Gasteiger partial charge on any atom is 0.0641 e. The summed E-state index contributed by atoms with van der Waals surface area (Å²) in [5.74, 6) is 0.